The maximum Gasteiger partial charge on any atom is 0.187 e. The molecule has 0 amide bonds. The van der Waals surface area contributed by atoms with Crippen LogP contribution in [0.5, 0.6) is 0 Å². The summed E-state index contributed by atoms with van der Waals surface area (Å²) in [7, 11) is 0.0512. The Morgan fingerprint density at radius 1 is 0.792 bits per heavy atom. The summed E-state index contributed by atoms with van der Waals surface area (Å²) < 4.78 is 2.91. The first-order valence-corrected chi connectivity index (χ1v) is 8.97. The predicted molar refractivity (Wildman–Crippen MR) is 101 cm³/mol. The van der Waals surface area contributed by atoms with Crippen molar-refractivity contribution < 1.29 is 9.90 Å². The van der Waals surface area contributed by atoms with Gasteiger partial charge in [0, 0.05) is 27.2 Å². The molecule has 0 bridgehead atoms. The summed E-state index contributed by atoms with van der Waals surface area (Å²) in [6, 6.07) is 26.6. The van der Waals surface area contributed by atoms with Crippen molar-refractivity contribution >= 4 is 36.6 Å². The summed E-state index contributed by atoms with van der Waals surface area (Å²) in [5, 5.41) is 11.7. The first kappa shape index (κ1) is 16.2. The van der Waals surface area contributed by atoms with Crippen molar-refractivity contribution in [3.63, 3.8) is 0 Å². The maximum absolute atomic E-state index is 8.89. The number of hydrogen-bond donors (Lipinski definition) is 0. The van der Waals surface area contributed by atoms with Crippen LogP contribution in [-0.2, 0) is 4.79 Å². The highest BCUT2D eigenvalue weighted by atomic mass is 32.2. The van der Waals surface area contributed by atoms with Crippen LogP contribution in [0.2, 0.25) is 0 Å². The molecule has 120 valence electrons. The van der Waals surface area contributed by atoms with Gasteiger partial charge < -0.3 is 9.90 Å². The van der Waals surface area contributed by atoms with Crippen LogP contribution in [0.1, 0.15) is 12.5 Å². The Hall–Kier alpha value is -2.65. The van der Waals surface area contributed by atoms with Gasteiger partial charge in [-0.3, -0.25) is 0 Å². The van der Waals surface area contributed by atoms with E-state index in [9.17, 15) is 0 Å². The van der Waals surface area contributed by atoms with Gasteiger partial charge in [0.15, 0.2) is 14.3 Å². The lowest BCUT2D eigenvalue weighted by atomic mass is 10.2. The molecule has 0 N–H and O–H groups in total. The SMILES string of the molecule is CC(=O)[O-].Cc1ccc(-[s+]2c3ccccc3c3ccccc32)cc1. The zero-order chi connectivity index (χ0) is 17.1. The lowest BCUT2D eigenvalue weighted by molar-refractivity contribution is -0.302. The molecule has 0 radical (unpaired) electrons. The number of hydrogen-bond acceptors (Lipinski definition) is 2. The molecular formula is C21H18O2S. The van der Waals surface area contributed by atoms with E-state index in [0.717, 1.165) is 6.92 Å². The van der Waals surface area contributed by atoms with Crippen molar-refractivity contribution in [2.45, 2.75) is 13.8 Å². The topological polar surface area (TPSA) is 40.1 Å². The second kappa shape index (κ2) is 6.85. The molecule has 0 aliphatic carbocycles. The number of aliphatic carboxylic acids is 1. The summed E-state index contributed by atoms with van der Waals surface area (Å²) in [4.78, 5) is 10.3. The number of benzene rings is 3. The number of carbonyl (C=O) groups excluding carboxylic acids is 1. The average Bonchev–Trinajstić information content (AvgIpc) is 2.90. The van der Waals surface area contributed by atoms with Gasteiger partial charge in [-0.25, -0.2) is 0 Å². The monoisotopic (exact) mass is 334 g/mol. The molecule has 0 spiro atoms. The predicted octanol–water partition coefficient (Wildman–Crippen LogP) is 4.80. The Morgan fingerprint density at radius 3 is 1.67 bits per heavy atom. The van der Waals surface area contributed by atoms with Crippen molar-refractivity contribution in [2.24, 2.45) is 0 Å². The van der Waals surface area contributed by atoms with Gasteiger partial charge in [0.25, 0.3) is 0 Å². The minimum atomic E-state index is -1.08. The van der Waals surface area contributed by atoms with Crippen LogP contribution in [0, 0.1) is 6.92 Å². The first-order chi connectivity index (χ1) is 11.6. The van der Waals surface area contributed by atoms with E-state index in [1.165, 1.54) is 30.6 Å². The molecule has 4 rings (SSSR count). The molecule has 24 heavy (non-hydrogen) atoms. The largest absolute Gasteiger partial charge is 0.550 e. The zero-order valence-corrected chi connectivity index (χ0v) is 14.5. The van der Waals surface area contributed by atoms with Crippen LogP contribution in [0.15, 0.2) is 72.8 Å². The van der Waals surface area contributed by atoms with E-state index < -0.39 is 5.97 Å². The number of aryl methyl sites for hydroxylation is 1. The van der Waals surface area contributed by atoms with Gasteiger partial charge in [0.05, 0.1) is 0 Å². The average molecular weight is 334 g/mol. The summed E-state index contributed by atoms with van der Waals surface area (Å²) in [5.74, 6) is -1.08. The van der Waals surface area contributed by atoms with Gasteiger partial charge in [-0.05, 0) is 50.2 Å². The minimum Gasteiger partial charge on any atom is -0.550 e. The molecule has 3 heteroatoms. The molecule has 1 heterocycles. The normalized spacial score (nSPS) is 10.4. The summed E-state index contributed by atoms with van der Waals surface area (Å²) in [6.45, 7) is 3.11. The number of carboxylic acids is 1. The van der Waals surface area contributed by atoms with Gasteiger partial charge in [-0.2, -0.15) is 0 Å². The van der Waals surface area contributed by atoms with Gasteiger partial charge in [0.2, 0.25) is 0 Å². The fourth-order valence-electron chi connectivity index (χ4n) is 2.78. The second-order valence-electron chi connectivity index (χ2n) is 5.60. The Labute approximate surface area is 144 Å². The van der Waals surface area contributed by atoms with E-state index in [0.29, 0.717) is 0 Å². The molecule has 1 aromatic heterocycles. The van der Waals surface area contributed by atoms with Crippen LogP contribution in [0.25, 0.3) is 25.1 Å². The third kappa shape index (κ3) is 3.17. The first-order valence-electron chi connectivity index (χ1n) is 7.75. The van der Waals surface area contributed by atoms with Gasteiger partial charge in [-0.1, -0.05) is 42.0 Å². The third-order valence-electron chi connectivity index (χ3n) is 3.76. The van der Waals surface area contributed by atoms with Crippen LogP contribution < -0.4 is 5.11 Å². The summed E-state index contributed by atoms with van der Waals surface area (Å²) >= 11 is 0. The summed E-state index contributed by atoms with van der Waals surface area (Å²) in [5.41, 5.74) is 1.32. The van der Waals surface area contributed by atoms with Crippen molar-refractivity contribution in [3.05, 3.63) is 78.4 Å². The maximum atomic E-state index is 8.89. The molecule has 0 saturated heterocycles. The Kier molecular flexibility index (Phi) is 4.63. The molecule has 0 aliphatic rings. The Bertz CT molecular complexity index is 940. The van der Waals surface area contributed by atoms with E-state index in [2.05, 4.69) is 79.7 Å². The fraction of sp³-hybridized carbons (Fsp3) is 0.0952. The number of carbonyl (C=O) groups is 1. The quantitative estimate of drug-likeness (QED) is 0.469. The molecule has 0 aliphatic heterocycles. The minimum absolute atomic E-state index is 0.0512. The summed E-state index contributed by atoms with van der Waals surface area (Å²) in [6.07, 6.45) is 0. The highest BCUT2D eigenvalue weighted by Gasteiger charge is 2.22. The molecule has 0 atom stereocenters. The van der Waals surface area contributed by atoms with E-state index in [4.69, 9.17) is 9.90 Å². The van der Waals surface area contributed by atoms with Crippen LogP contribution >= 0.6 is 10.5 Å². The van der Waals surface area contributed by atoms with E-state index >= 15 is 0 Å². The van der Waals surface area contributed by atoms with E-state index in [1.807, 2.05) is 0 Å². The molecule has 2 nitrogen and oxygen atoms in total. The molecule has 0 unspecified atom stereocenters. The van der Waals surface area contributed by atoms with Crippen LogP contribution in [-0.4, -0.2) is 5.97 Å². The molecule has 3 aromatic carbocycles. The van der Waals surface area contributed by atoms with Crippen molar-refractivity contribution in [2.75, 3.05) is 0 Å². The van der Waals surface area contributed by atoms with Gasteiger partial charge >= 0.3 is 0 Å². The van der Waals surface area contributed by atoms with Crippen molar-refractivity contribution in [1.29, 1.82) is 0 Å². The second-order valence-corrected chi connectivity index (χ2v) is 7.57. The Morgan fingerprint density at radius 2 is 1.21 bits per heavy atom. The smallest absolute Gasteiger partial charge is 0.187 e. The van der Waals surface area contributed by atoms with E-state index in [1.54, 1.807) is 0 Å². The molecule has 4 aromatic rings. The highest BCUT2D eigenvalue weighted by molar-refractivity contribution is 7.50. The highest BCUT2D eigenvalue weighted by Crippen LogP contribution is 2.47. The van der Waals surface area contributed by atoms with Gasteiger partial charge in [-0.15, -0.1) is 0 Å². The van der Waals surface area contributed by atoms with Crippen LogP contribution in [0.4, 0.5) is 0 Å². The lowest BCUT2D eigenvalue weighted by Gasteiger charge is -1.94. The van der Waals surface area contributed by atoms with Crippen LogP contribution in [0.3, 0.4) is 0 Å². The molecular weight excluding hydrogens is 316 g/mol. The Balaban J connectivity index is 0.000000383. The van der Waals surface area contributed by atoms with E-state index in [-0.39, 0.29) is 10.5 Å². The number of thiophene rings is 1. The van der Waals surface area contributed by atoms with Gasteiger partial charge in [0.1, 0.15) is 0 Å². The number of fused-ring (bicyclic) bond motifs is 3. The van der Waals surface area contributed by atoms with Crippen molar-refractivity contribution in [3.8, 4) is 4.90 Å². The zero-order valence-electron chi connectivity index (χ0n) is 13.7. The van der Waals surface area contributed by atoms with Crippen molar-refractivity contribution in [1.82, 2.24) is 0 Å². The fourth-order valence-corrected chi connectivity index (χ4v) is 5.16. The molecule has 0 fully saturated rings. The lowest BCUT2D eigenvalue weighted by Crippen LogP contribution is -2.16. The standard InChI is InChI=1S/C19H15S.C2H4O2/c1-14-10-12-15(13-11-14)20-18-8-4-2-6-16(18)17-7-3-5-9-19(17)20;1-2(3)4/h2-13H,1H3;1H3,(H,3,4)/q+1;/p-1. The third-order valence-corrected chi connectivity index (χ3v) is 6.10. The molecule has 0 saturated carbocycles. The number of rotatable bonds is 1. The number of carboxylic acid groups (broad SMARTS) is 1.